The Morgan fingerprint density at radius 1 is 1.28 bits per heavy atom. The van der Waals surface area contributed by atoms with Crippen LogP contribution in [0.1, 0.15) is 18.4 Å². The maximum absolute atomic E-state index is 5.84. The Hall–Kier alpha value is -1.15. The first kappa shape index (κ1) is 17.3. The number of thiophene rings is 1. The zero-order chi connectivity index (χ0) is 17.1. The molecule has 1 unspecified atom stereocenters. The van der Waals surface area contributed by atoms with Gasteiger partial charge in [0.05, 0.1) is 17.5 Å². The summed E-state index contributed by atoms with van der Waals surface area (Å²) < 4.78 is 9.17. The summed E-state index contributed by atoms with van der Waals surface area (Å²) in [4.78, 5) is 1.15. The SMILES string of the molecule is Brc1cccc(CSc2nnc(-c3cccs3)n2CC2CCCO2)c1. The summed E-state index contributed by atoms with van der Waals surface area (Å²) in [5.41, 5.74) is 1.27. The number of halogens is 1. The largest absolute Gasteiger partial charge is 0.376 e. The summed E-state index contributed by atoms with van der Waals surface area (Å²) >= 11 is 6.96. The predicted octanol–water partition coefficient (Wildman–Crippen LogP) is 5.24. The third-order valence-electron chi connectivity index (χ3n) is 4.13. The number of hydrogen-bond donors (Lipinski definition) is 0. The first-order valence-electron chi connectivity index (χ1n) is 8.25. The number of ether oxygens (including phenoxy) is 1. The van der Waals surface area contributed by atoms with Gasteiger partial charge in [-0.15, -0.1) is 21.5 Å². The highest BCUT2D eigenvalue weighted by Crippen LogP contribution is 2.30. The minimum atomic E-state index is 0.264. The second kappa shape index (κ2) is 8.03. The summed E-state index contributed by atoms with van der Waals surface area (Å²) in [5, 5.41) is 12.0. The van der Waals surface area contributed by atoms with E-state index in [1.807, 2.05) is 6.07 Å². The fraction of sp³-hybridized carbons (Fsp3) is 0.333. The number of thioether (sulfide) groups is 1. The van der Waals surface area contributed by atoms with Crippen LogP contribution in [-0.4, -0.2) is 27.5 Å². The Kier molecular flexibility index (Phi) is 5.55. The Morgan fingerprint density at radius 3 is 3.00 bits per heavy atom. The van der Waals surface area contributed by atoms with E-state index < -0.39 is 0 Å². The lowest BCUT2D eigenvalue weighted by atomic mass is 10.2. The van der Waals surface area contributed by atoms with Gasteiger partial charge in [0, 0.05) is 16.8 Å². The molecule has 1 atom stereocenters. The van der Waals surface area contributed by atoms with Gasteiger partial charge in [-0.25, -0.2) is 0 Å². The molecule has 25 heavy (non-hydrogen) atoms. The molecule has 1 fully saturated rings. The molecule has 0 radical (unpaired) electrons. The van der Waals surface area contributed by atoms with Crippen LogP contribution in [0.25, 0.3) is 10.7 Å². The van der Waals surface area contributed by atoms with E-state index in [-0.39, 0.29) is 6.10 Å². The number of hydrogen-bond acceptors (Lipinski definition) is 5. The van der Waals surface area contributed by atoms with Gasteiger partial charge in [-0.2, -0.15) is 0 Å². The van der Waals surface area contributed by atoms with Gasteiger partial charge in [0.2, 0.25) is 0 Å². The van der Waals surface area contributed by atoms with Crippen molar-refractivity contribution < 1.29 is 4.74 Å². The van der Waals surface area contributed by atoms with Gasteiger partial charge < -0.3 is 4.74 Å². The molecular formula is C18H18BrN3OS2. The van der Waals surface area contributed by atoms with Crippen molar-refractivity contribution in [3.8, 4) is 10.7 Å². The summed E-state index contributed by atoms with van der Waals surface area (Å²) in [6.07, 6.45) is 2.51. The van der Waals surface area contributed by atoms with E-state index in [9.17, 15) is 0 Å². The van der Waals surface area contributed by atoms with E-state index in [0.717, 1.165) is 52.1 Å². The van der Waals surface area contributed by atoms with Crippen LogP contribution in [0, 0.1) is 0 Å². The van der Waals surface area contributed by atoms with Crippen LogP contribution in [0.15, 0.2) is 51.4 Å². The van der Waals surface area contributed by atoms with Crippen LogP contribution in [0.3, 0.4) is 0 Å². The minimum absolute atomic E-state index is 0.264. The molecule has 3 aromatic rings. The van der Waals surface area contributed by atoms with Gasteiger partial charge in [0.25, 0.3) is 0 Å². The van der Waals surface area contributed by atoms with Crippen LogP contribution >= 0.6 is 39.0 Å². The van der Waals surface area contributed by atoms with Gasteiger partial charge in [-0.05, 0) is 42.0 Å². The van der Waals surface area contributed by atoms with Crippen LogP contribution in [-0.2, 0) is 17.0 Å². The van der Waals surface area contributed by atoms with Crippen LogP contribution in [0.4, 0.5) is 0 Å². The van der Waals surface area contributed by atoms with Crippen molar-refractivity contribution in [1.82, 2.24) is 14.8 Å². The highest BCUT2D eigenvalue weighted by Gasteiger charge is 2.22. The number of rotatable bonds is 6. The fourth-order valence-corrected chi connectivity index (χ4v) is 4.97. The van der Waals surface area contributed by atoms with E-state index in [1.165, 1.54) is 5.56 Å². The van der Waals surface area contributed by atoms with Crippen LogP contribution in [0.5, 0.6) is 0 Å². The average Bonchev–Trinajstić information content (AvgIpc) is 3.36. The van der Waals surface area contributed by atoms with E-state index >= 15 is 0 Å². The third kappa shape index (κ3) is 4.16. The summed E-state index contributed by atoms with van der Waals surface area (Å²) in [5.74, 6) is 1.82. The van der Waals surface area contributed by atoms with E-state index in [2.05, 4.69) is 66.4 Å². The smallest absolute Gasteiger partial charge is 0.191 e. The molecule has 4 nitrogen and oxygen atoms in total. The van der Waals surface area contributed by atoms with Crippen molar-refractivity contribution >= 4 is 39.0 Å². The highest BCUT2D eigenvalue weighted by atomic mass is 79.9. The van der Waals surface area contributed by atoms with Crippen LogP contribution < -0.4 is 0 Å². The third-order valence-corrected chi connectivity index (χ3v) is 6.52. The molecule has 1 saturated heterocycles. The highest BCUT2D eigenvalue weighted by molar-refractivity contribution is 9.10. The number of nitrogens with zero attached hydrogens (tertiary/aromatic N) is 3. The molecule has 3 heterocycles. The molecular weight excluding hydrogens is 418 g/mol. The second-order valence-corrected chi connectivity index (χ2v) is 8.75. The number of aromatic nitrogens is 3. The Morgan fingerprint density at radius 2 is 2.24 bits per heavy atom. The van der Waals surface area contributed by atoms with Crippen molar-refractivity contribution in [3.05, 3.63) is 51.8 Å². The maximum atomic E-state index is 5.84. The van der Waals surface area contributed by atoms with Gasteiger partial charge in [-0.1, -0.05) is 45.9 Å². The molecule has 0 amide bonds. The minimum Gasteiger partial charge on any atom is -0.376 e. The van der Waals surface area contributed by atoms with Crippen molar-refractivity contribution in [1.29, 1.82) is 0 Å². The van der Waals surface area contributed by atoms with Gasteiger partial charge >= 0.3 is 0 Å². The van der Waals surface area contributed by atoms with Crippen molar-refractivity contribution in [2.75, 3.05) is 6.61 Å². The molecule has 2 aromatic heterocycles. The molecule has 0 bridgehead atoms. The molecule has 0 spiro atoms. The van der Waals surface area contributed by atoms with Crippen molar-refractivity contribution in [3.63, 3.8) is 0 Å². The zero-order valence-corrected chi connectivity index (χ0v) is 16.8. The Bertz CT molecular complexity index is 829. The molecule has 4 rings (SSSR count). The fourth-order valence-electron chi connectivity index (χ4n) is 2.91. The molecule has 7 heteroatoms. The van der Waals surface area contributed by atoms with Crippen molar-refractivity contribution in [2.24, 2.45) is 0 Å². The Balaban J connectivity index is 1.57. The molecule has 1 aliphatic heterocycles. The monoisotopic (exact) mass is 435 g/mol. The molecule has 0 N–H and O–H groups in total. The standard InChI is InChI=1S/C18H18BrN3OS2/c19-14-5-1-4-13(10-14)12-25-18-21-20-17(16-7-3-9-24-16)22(18)11-15-6-2-8-23-15/h1,3-5,7,9-10,15H,2,6,8,11-12H2. The molecule has 0 aliphatic carbocycles. The summed E-state index contributed by atoms with van der Waals surface area (Å²) in [6.45, 7) is 1.68. The van der Waals surface area contributed by atoms with E-state index in [4.69, 9.17) is 4.74 Å². The second-order valence-electron chi connectivity index (χ2n) is 5.95. The first-order chi connectivity index (χ1) is 12.3. The maximum Gasteiger partial charge on any atom is 0.191 e. The quantitative estimate of drug-likeness (QED) is 0.496. The molecule has 130 valence electrons. The summed E-state index contributed by atoms with van der Waals surface area (Å²) in [6, 6.07) is 12.5. The molecule has 1 aliphatic rings. The normalized spacial score (nSPS) is 17.2. The lowest BCUT2D eigenvalue weighted by Gasteiger charge is -2.14. The van der Waals surface area contributed by atoms with E-state index in [0.29, 0.717) is 0 Å². The van der Waals surface area contributed by atoms with Crippen molar-refractivity contribution in [2.45, 2.75) is 36.4 Å². The zero-order valence-electron chi connectivity index (χ0n) is 13.6. The first-order valence-corrected chi connectivity index (χ1v) is 10.9. The number of benzene rings is 1. The lowest BCUT2D eigenvalue weighted by molar-refractivity contribution is 0.0953. The predicted molar refractivity (Wildman–Crippen MR) is 106 cm³/mol. The lowest BCUT2D eigenvalue weighted by Crippen LogP contribution is -2.16. The molecule has 0 saturated carbocycles. The molecule has 1 aromatic carbocycles. The van der Waals surface area contributed by atoms with Gasteiger partial charge in [-0.3, -0.25) is 4.57 Å². The average molecular weight is 436 g/mol. The topological polar surface area (TPSA) is 39.9 Å². The van der Waals surface area contributed by atoms with Crippen LogP contribution in [0.2, 0.25) is 0 Å². The van der Waals surface area contributed by atoms with E-state index in [1.54, 1.807) is 23.1 Å². The summed E-state index contributed by atoms with van der Waals surface area (Å²) in [7, 11) is 0. The Labute approximate surface area is 163 Å². The van der Waals surface area contributed by atoms with Gasteiger partial charge in [0.15, 0.2) is 11.0 Å². The van der Waals surface area contributed by atoms with Gasteiger partial charge in [0.1, 0.15) is 0 Å².